The van der Waals surface area contributed by atoms with Crippen molar-refractivity contribution >= 4 is 16.7 Å². The molecule has 0 radical (unpaired) electrons. The zero-order valence-electron chi connectivity index (χ0n) is 13.4. The number of nitrogens with one attached hydrogen (secondary N) is 2. The molecule has 8 heteroatoms. The van der Waals surface area contributed by atoms with Gasteiger partial charge >= 0.3 is 6.18 Å². The number of nitrogens with zero attached hydrogens (tertiary/aromatic N) is 1. The first-order valence-corrected chi connectivity index (χ1v) is 7.74. The van der Waals surface area contributed by atoms with Crippen molar-refractivity contribution in [3.8, 4) is 0 Å². The van der Waals surface area contributed by atoms with Gasteiger partial charge in [-0.25, -0.2) is 5.10 Å². The maximum atomic E-state index is 12.7. The van der Waals surface area contributed by atoms with Crippen LogP contribution in [0.25, 0.3) is 10.8 Å². The zero-order chi connectivity index (χ0) is 18.7. The van der Waals surface area contributed by atoms with Crippen molar-refractivity contribution in [2.45, 2.75) is 19.1 Å². The van der Waals surface area contributed by atoms with Crippen LogP contribution in [0.15, 0.2) is 53.3 Å². The first-order valence-electron chi connectivity index (χ1n) is 7.74. The van der Waals surface area contributed by atoms with Gasteiger partial charge in [0, 0.05) is 11.9 Å². The van der Waals surface area contributed by atoms with Gasteiger partial charge in [-0.3, -0.25) is 9.59 Å². The molecule has 0 aliphatic carbocycles. The molecule has 3 aromatic rings. The van der Waals surface area contributed by atoms with Crippen molar-refractivity contribution in [2.24, 2.45) is 0 Å². The van der Waals surface area contributed by atoms with Crippen molar-refractivity contribution < 1.29 is 18.0 Å². The molecule has 2 aromatic carbocycles. The number of hydrogen-bond acceptors (Lipinski definition) is 3. The number of alkyl halides is 3. The third-order valence-electron chi connectivity index (χ3n) is 3.85. The van der Waals surface area contributed by atoms with E-state index in [1.807, 2.05) is 0 Å². The number of H-pyrrole nitrogens is 1. The Morgan fingerprint density at radius 1 is 1.08 bits per heavy atom. The Kier molecular flexibility index (Phi) is 4.75. The molecule has 0 aliphatic rings. The van der Waals surface area contributed by atoms with Gasteiger partial charge in [0.25, 0.3) is 5.56 Å². The molecule has 134 valence electrons. The van der Waals surface area contributed by atoms with Gasteiger partial charge in [0.15, 0.2) is 0 Å². The molecule has 0 saturated heterocycles. The predicted octanol–water partition coefficient (Wildman–Crippen LogP) is 2.80. The third kappa shape index (κ3) is 3.90. The van der Waals surface area contributed by atoms with Crippen LogP contribution in [0.2, 0.25) is 0 Å². The number of fused-ring (bicyclic) bond motifs is 1. The number of carbonyl (C=O) groups excluding carboxylic acids is 1. The average Bonchev–Trinajstić information content (AvgIpc) is 2.62. The molecular weight excluding hydrogens is 347 g/mol. The highest BCUT2D eigenvalue weighted by atomic mass is 19.4. The molecule has 1 amide bonds. The Balaban J connectivity index is 1.71. The second kappa shape index (κ2) is 6.99. The number of halogens is 3. The predicted molar refractivity (Wildman–Crippen MR) is 89.4 cm³/mol. The van der Waals surface area contributed by atoms with Gasteiger partial charge in [-0.15, -0.1) is 0 Å². The second-order valence-electron chi connectivity index (χ2n) is 5.70. The lowest BCUT2D eigenvalue weighted by atomic mass is 10.1. The van der Waals surface area contributed by atoms with Gasteiger partial charge in [0.05, 0.1) is 23.1 Å². The fraction of sp³-hybridized carbons (Fsp3) is 0.167. The van der Waals surface area contributed by atoms with Crippen LogP contribution in [0.5, 0.6) is 0 Å². The van der Waals surface area contributed by atoms with Gasteiger partial charge in [0.1, 0.15) is 0 Å². The van der Waals surface area contributed by atoms with Crippen LogP contribution in [-0.4, -0.2) is 16.1 Å². The minimum atomic E-state index is -4.43. The summed E-state index contributed by atoms with van der Waals surface area (Å²) in [5.41, 5.74) is -0.388. The summed E-state index contributed by atoms with van der Waals surface area (Å²) in [5.74, 6) is -0.410. The highest BCUT2D eigenvalue weighted by molar-refractivity contribution is 5.88. The van der Waals surface area contributed by atoms with Gasteiger partial charge in [0.2, 0.25) is 5.91 Å². The standard InChI is InChI=1S/C18H14F3N3O2/c19-18(20,21)12-5-3-4-11(8-12)10-22-16(25)9-15-13-6-1-2-7-14(13)17(26)24-23-15/h1-8H,9-10H2,(H,22,25)(H,24,26). The summed E-state index contributed by atoms with van der Waals surface area (Å²) in [4.78, 5) is 23.9. The number of amides is 1. The second-order valence-corrected chi connectivity index (χ2v) is 5.70. The van der Waals surface area contributed by atoms with E-state index in [1.54, 1.807) is 24.3 Å². The first kappa shape index (κ1) is 17.7. The lowest BCUT2D eigenvalue weighted by Crippen LogP contribution is -2.26. The van der Waals surface area contributed by atoms with Crippen LogP contribution >= 0.6 is 0 Å². The van der Waals surface area contributed by atoms with E-state index in [1.165, 1.54) is 12.1 Å². The van der Waals surface area contributed by atoms with Crippen molar-refractivity contribution in [2.75, 3.05) is 0 Å². The number of hydrogen-bond donors (Lipinski definition) is 2. The Labute approximate surface area is 145 Å². The van der Waals surface area contributed by atoms with Gasteiger partial charge in [-0.05, 0) is 23.8 Å². The SMILES string of the molecule is O=C(Cc1n[nH]c(=O)c2ccccc12)NCc1cccc(C(F)(F)F)c1. The van der Waals surface area contributed by atoms with Gasteiger partial charge in [-0.1, -0.05) is 30.3 Å². The van der Waals surface area contributed by atoms with E-state index in [0.29, 0.717) is 22.0 Å². The van der Waals surface area contributed by atoms with Gasteiger partial charge in [-0.2, -0.15) is 18.3 Å². The molecule has 0 spiro atoms. The van der Waals surface area contributed by atoms with Crippen LogP contribution in [-0.2, 0) is 23.9 Å². The van der Waals surface area contributed by atoms with Crippen LogP contribution in [0.1, 0.15) is 16.8 Å². The summed E-state index contributed by atoms with van der Waals surface area (Å²) in [6.07, 6.45) is -4.53. The van der Waals surface area contributed by atoms with Crippen LogP contribution < -0.4 is 10.9 Å². The Morgan fingerprint density at radius 3 is 2.54 bits per heavy atom. The summed E-state index contributed by atoms with van der Waals surface area (Å²) in [7, 11) is 0. The summed E-state index contributed by atoms with van der Waals surface area (Å²) < 4.78 is 38.1. The molecule has 2 N–H and O–H groups in total. The van der Waals surface area contributed by atoms with Crippen molar-refractivity contribution in [1.82, 2.24) is 15.5 Å². The number of aromatic nitrogens is 2. The Hall–Kier alpha value is -3.16. The molecule has 0 bridgehead atoms. The van der Waals surface area contributed by atoms with Gasteiger partial charge < -0.3 is 5.32 Å². The smallest absolute Gasteiger partial charge is 0.352 e. The number of rotatable bonds is 4. The molecule has 26 heavy (non-hydrogen) atoms. The number of aromatic amines is 1. The molecular formula is C18H14F3N3O2. The fourth-order valence-electron chi connectivity index (χ4n) is 2.58. The molecule has 5 nitrogen and oxygen atoms in total. The zero-order valence-corrected chi connectivity index (χ0v) is 13.4. The lowest BCUT2D eigenvalue weighted by Gasteiger charge is -2.10. The maximum absolute atomic E-state index is 12.7. The van der Waals surface area contributed by atoms with Crippen LogP contribution in [0, 0.1) is 0 Å². The molecule has 0 unspecified atom stereocenters. The summed E-state index contributed by atoms with van der Waals surface area (Å²) in [6, 6.07) is 11.5. The van der Waals surface area contributed by atoms with E-state index in [-0.39, 0.29) is 18.5 Å². The summed E-state index contributed by atoms with van der Waals surface area (Å²) in [5, 5.41) is 9.78. The highest BCUT2D eigenvalue weighted by Gasteiger charge is 2.30. The molecule has 3 rings (SSSR count). The Bertz CT molecular complexity index is 1010. The van der Waals surface area contributed by atoms with E-state index in [0.717, 1.165) is 12.1 Å². The van der Waals surface area contributed by atoms with Crippen molar-refractivity contribution in [3.63, 3.8) is 0 Å². The summed E-state index contributed by atoms with van der Waals surface area (Å²) in [6.45, 7) is -0.0377. The quantitative estimate of drug-likeness (QED) is 0.750. The number of carbonyl (C=O) groups is 1. The normalized spacial score (nSPS) is 11.5. The molecule has 0 atom stereocenters. The first-order chi connectivity index (χ1) is 12.3. The van der Waals surface area contributed by atoms with Crippen molar-refractivity contribution in [3.05, 3.63) is 75.7 Å². The monoisotopic (exact) mass is 361 g/mol. The topological polar surface area (TPSA) is 74.8 Å². The number of benzene rings is 2. The third-order valence-corrected chi connectivity index (χ3v) is 3.85. The Morgan fingerprint density at radius 2 is 1.81 bits per heavy atom. The molecule has 0 fully saturated rings. The van der Waals surface area contributed by atoms with E-state index in [4.69, 9.17) is 0 Å². The molecule has 0 saturated carbocycles. The van der Waals surface area contributed by atoms with E-state index in [2.05, 4.69) is 15.5 Å². The minimum absolute atomic E-state index is 0.0377. The lowest BCUT2D eigenvalue weighted by molar-refractivity contribution is -0.137. The summed E-state index contributed by atoms with van der Waals surface area (Å²) >= 11 is 0. The van der Waals surface area contributed by atoms with Crippen LogP contribution in [0.3, 0.4) is 0 Å². The molecule has 1 aromatic heterocycles. The van der Waals surface area contributed by atoms with E-state index >= 15 is 0 Å². The maximum Gasteiger partial charge on any atom is 0.416 e. The average molecular weight is 361 g/mol. The largest absolute Gasteiger partial charge is 0.416 e. The minimum Gasteiger partial charge on any atom is -0.352 e. The van der Waals surface area contributed by atoms with Crippen molar-refractivity contribution in [1.29, 1.82) is 0 Å². The van der Waals surface area contributed by atoms with Crippen LogP contribution in [0.4, 0.5) is 13.2 Å². The highest BCUT2D eigenvalue weighted by Crippen LogP contribution is 2.29. The van der Waals surface area contributed by atoms with E-state index < -0.39 is 17.6 Å². The molecule has 0 aliphatic heterocycles. The fourth-order valence-corrected chi connectivity index (χ4v) is 2.58. The molecule has 1 heterocycles. The van der Waals surface area contributed by atoms with E-state index in [9.17, 15) is 22.8 Å².